The maximum atomic E-state index is 13.1. The maximum absolute atomic E-state index is 13.1. The molecule has 1 fully saturated rings. The Morgan fingerprint density at radius 3 is 2.45 bits per heavy atom. The van der Waals surface area contributed by atoms with Crippen molar-refractivity contribution in [3.8, 4) is 5.75 Å². The molecule has 226 valence electrons. The van der Waals surface area contributed by atoms with Gasteiger partial charge < -0.3 is 54.0 Å². The topological polar surface area (TPSA) is 208 Å². The van der Waals surface area contributed by atoms with E-state index in [1.54, 1.807) is 6.08 Å². The SMILES string of the molecule is COC(=O)C1=CO[C@@H](OC2O[C@H](COC(C)=O)[C@@H](O)[C@H](O)[C@H]2O)[C@H]2[C@@H]1C=C[C@@]21C=C(C(O)c2ccc(O)cc2)C(=O)O1. The molecule has 0 bridgehead atoms. The Kier molecular flexibility index (Phi) is 8.11. The Morgan fingerprint density at radius 1 is 1.07 bits per heavy atom. The fourth-order valence-corrected chi connectivity index (χ4v) is 5.49. The van der Waals surface area contributed by atoms with Gasteiger partial charge in [-0.3, -0.25) is 4.79 Å². The van der Waals surface area contributed by atoms with Crippen molar-refractivity contribution in [3.05, 3.63) is 65.5 Å². The van der Waals surface area contributed by atoms with Crippen molar-refractivity contribution >= 4 is 17.9 Å². The molecule has 0 amide bonds. The van der Waals surface area contributed by atoms with Gasteiger partial charge in [-0.25, -0.2) is 9.59 Å². The van der Waals surface area contributed by atoms with E-state index in [0.29, 0.717) is 5.56 Å². The number of hydrogen-bond donors (Lipinski definition) is 5. The number of ether oxygens (including phenoxy) is 6. The Labute approximate surface area is 239 Å². The average molecular weight is 591 g/mol. The summed E-state index contributed by atoms with van der Waals surface area (Å²) in [6.45, 7) is 0.694. The summed E-state index contributed by atoms with van der Waals surface area (Å²) in [7, 11) is 1.18. The Bertz CT molecular complexity index is 1320. The average Bonchev–Trinajstić information content (AvgIpc) is 3.51. The highest BCUT2D eigenvalue weighted by atomic mass is 16.8. The first-order valence-corrected chi connectivity index (χ1v) is 13.0. The molecule has 0 saturated carbocycles. The quantitative estimate of drug-likeness (QED) is 0.150. The first-order valence-electron chi connectivity index (χ1n) is 13.0. The molecule has 14 nitrogen and oxygen atoms in total. The van der Waals surface area contributed by atoms with Gasteiger partial charge in [0.2, 0.25) is 6.29 Å². The van der Waals surface area contributed by atoms with E-state index in [4.69, 9.17) is 28.4 Å². The molecule has 0 radical (unpaired) electrons. The summed E-state index contributed by atoms with van der Waals surface area (Å²) < 4.78 is 32.8. The molecule has 4 aliphatic rings. The number of phenols is 1. The van der Waals surface area contributed by atoms with Crippen LogP contribution < -0.4 is 0 Å². The minimum atomic E-state index is -1.78. The molecule has 5 N–H and O–H groups in total. The fourth-order valence-electron chi connectivity index (χ4n) is 5.49. The number of allylic oxidation sites excluding steroid dienone is 1. The highest BCUT2D eigenvalue weighted by molar-refractivity contribution is 5.94. The van der Waals surface area contributed by atoms with Crippen molar-refractivity contribution < 1.29 is 68.3 Å². The van der Waals surface area contributed by atoms with E-state index < -0.39 is 85.1 Å². The first-order chi connectivity index (χ1) is 20.0. The second kappa shape index (κ2) is 11.5. The molecule has 3 heterocycles. The van der Waals surface area contributed by atoms with Gasteiger partial charge in [0.1, 0.15) is 42.9 Å². The molecule has 14 heteroatoms. The molecule has 1 saturated heterocycles. The third kappa shape index (κ3) is 5.28. The normalized spacial score (nSPS) is 35.9. The Balaban J connectivity index is 1.46. The number of hydrogen-bond acceptors (Lipinski definition) is 14. The molecule has 1 spiro atoms. The van der Waals surface area contributed by atoms with E-state index >= 15 is 0 Å². The second-order valence-corrected chi connectivity index (χ2v) is 10.3. The zero-order valence-electron chi connectivity index (χ0n) is 22.4. The molecule has 1 aromatic carbocycles. The zero-order chi connectivity index (χ0) is 30.3. The van der Waals surface area contributed by atoms with Gasteiger partial charge in [0.05, 0.1) is 30.4 Å². The number of phenolic OH excluding ortho intramolecular Hbond substituents is 1. The third-order valence-corrected chi connectivity index (χ3v) is 7.65. The van der Waals surface area contributed by atoms with Crippen LogP contribution in [0.25, 0.3) is 0 Å². The van der Waals surface area contributed by atoms with Gasteiger partial charge in [-0.1, -0.05) is 18.2 Å². The van der Waals surface area contributed by atoms with Crippen LogP contribution in [-0.4, -0.2) is 99.8 Å². The van der Waals surface area contributed by atoms with Crippen LogP contribution in [0.15, 0.2) is 59.9 Å². The van der Waals surface area contributed by atoms with E-state index in [1.807, 2.05) is 0 Å². The van der Waals surface area contributed by atoms with Crippen LogP contribution in [0.4, 0.5) is 0 Å². The molecular weight excluding hydrogens is 560 g/mol. The monoisotopic (exact) mass is 590 g/mol. The van der Waals surface area contributed by atoms with E-state index in [1.165, 1.54) is 43.5 Å². The van der Waals surface area contributed by atoms with Gasteiger partial charge in [-0.15, -0.1) is 0 Å². The van der Waals surface area contributed by atoms with Crippen molar-refractivity contribution in [1.82, 2.24) is 0 Å². The van der Waals surface area contributed by atoms with Crippen LogP contribution in [0, 0.1) is 11.8 Å². The van der Waals surface area contributed by atoms with Crippen LogP contribution in [0.5, 0.6) is 5.75 Å². The van der Waals surface area contributed by atoms with Gasteiger partial charge in [0.15, 0.2) is 11.9 Å². The molecule has 0 aromatic heterocycles. The van der Waals surface area contributed by atoms with Gasteiger partial charge in [0.25, 0.3) is 0 Å². The molecule has 42 heavy (non-hydrogen) atoms. The lowest BCUT2D eigenvalue weighted by atomic mass is 9.78. The van der Waals surface area contributed by atoms with Gasteiger partial charge in [-0.05, 0) is 29.8 Å². The van der Waals surface area contributed by atoms with Crippen LogP contribution >= 0.6 is 0 Å². The number of methoxy groups -OCH3 is 1. The maximum Gasteiger partial charge on any atom is 0.338 e. The van der Waals surface area contributed by atoms with Crippen molar-refractivity contribution in [1.29, 1.82) is 0 Å². The summed E-state index contributed by atoms with van der Waals surface area (Å²) in [6, 6.07) is 5.58. The summed E-state index contributed by atoms with van der Waals surface area (Å²) in [4.78, 5) is 36.9. The van der Waals surface area contributed by atoms with Crippen LogP contribution in [0.3, 0.4) is 0 Å². The molecule has 10 atom stereocenters. The number of aliphatic hydroxyl groups is 4. The summed E-state index contributed by atoms with van der Waals surface area (Å²) in [5.74, 6) is -4.09. The fraction of sp³-hybridized carbons (Fsp3) is 0.464. The minimum Gasteiger partial charge on any atom is -0.508 e. The van der Waals surface area contributed by atoms with Crippen LogP contribution in [0.1, 0.15) is 18.6 Å². The zero-order valence-corrected chi connectivity index (χ0v) is 22.4. The summed E-state index contributed by atoms with van der Waals surface area (Å²) in [6.07, 6.45) is -5.27. The van der Waals surface area contributed by atoms with Crippen molar-refractivity contribution in [3.63, 3.8) is 0 Å². The second-order valence-electron chi connectivity index (χ2n) is 10.3. The van der Waals surface area contributed by atoms with Crippen molar-refractivity contribution in [2.24, 2.45) is 11.8 Å². The molecular formula is C28H30O14. The van der Waals surface area contributed by atoms with Gasteiger partial charge in [0, 0.05) is 12.8 Å². The van der Waals surface area contributed by atoms with E-state index in [-0.39, 0.29) is 16.9 Å². The number of carbonyl (C=O) groups is 3. The highest BCUT2D eigenvalue weighted by Crippen LogP contribution is 2.51. The number of fused-ring (bicyclic) bond motifs is 2. The largest absolute Gasteiger partial charge is 0.508 e. The van der Waals surface area contributed by atoms with E-state index in [0.717, 1.165) is 13.2 Å². The lowest BCUT2D eigenvalue weighted by Gasteiger charge is -2.44. The predicted molar refractivity (Wildman–Crippen MR) is 135 cm³/mol. The van der Waals surface area contributed by atoms with Gasteiger partial charge >= 0.3 is 17.9 Å². The number of aliphatic hydroxyl groups excluding tert-OH is 4. The lowest BCUT2D eigenvalue weighted by molar-refractivity contribution is -0.344. The number of benzene rings is 1. The highest BCUT2D eigenvalue weighted by Gasteiger charge is 2.60. The van der Waals surface area contributed by atoms with Crippen molar-refractivity contribution in [2.45, 2.75) is 55.6 Å². The first kappa shape index (κ1) is 29.7. The number of carbonyl (C=O) groups excluding carboxylic acids is 3. The summed E-state index contributed by atoms with van der Waals surface area (Å²) in [5, 5.41) is 51.9. The van der Waals surface area contributed by atoms with Gasteiger partial charge in [-0.2, -0.15) is 0 Å². The van der Waals surface area contributed by atoms with Crippen LogP contribution in [-0.2, 0) is 42.8 Å². The third-order valence-electron chi connectivity index (χ3n) is 7.65. The molecule has 3 aliphatic heterocycles. The number of aromatic hydroxyl groups is 1. The van der Waals surface area contributed by atoms with E-state index in [9.17, 15) is 39.9 Å². The summed E-state index contributed by atoms with van der Waals surface area (Å²) in [5.41, 5.74) is -1.34. The Hall–Kier alpha value is -3.79. The smallest absolute Gasteiger partial charge is 0.338 e. The van der Waals surface area contributed by atoms with E-state index in [2.05, 4.69) is 0 Å². The lowest BCUT2D eigenvalue weighted by Crippen LogP contribution is -2.61. The number of esters is 3. The predicted octanol–water partition coefficient (Wildman–Crippen LogP) is -0.750. The number of rotatable bonds is 7. The Morgan fingerprint density at radius 2 is 1.79 bits per heavy atom. The van der Waals surface area contributed by atoms with Crippen molar-refractivity contribution in [2.75, 3.05) is 13.7 Å². The minimum absolute atomic E-state index is 0.0340. The summed E-state index contributed by atoms with van der Waals surface area (Å²) >= 11 is 0. The molecule has 5 rings (SSSR count). The molecule has 1 aliphatic carbocycles. The molecule has 1 aromatic rings. The standard InChI is InChI=1S/C28H30O14/c1-12(29)38-11-18-21(32)22(33)23(34)27(40-18)41-26-19-15(17(10-39-26)24(35)37-2)7-8-28(19)9-16(25(36)42-28)20(31)13-3-5-14(30)6-4-13/h3-10,15,18-23,26-27,30-34H,11H2,1-2H3/t15-,18-,19-,20?,21-,22+,23-,26+,27?,28-/m1/s1. The van der Waals surface area contributed by atoms with Crippen LogP contribution in [0.2, 0.25) is 0 Å². The molecule has 2 unspecified atom stereocenters.